The Hall–Kier alpha value is -7.68. The maximum atomic E-state index is 15.3. The number of fused-ring (bicyclic) bond motifs is 3. The number of pyridine rings is 2. The van der Waals surface area contributed by atoms with Crippen molar-refractivity contribution in [3.05, 3.63) is 150 Å². The number of carbonyl (C=O) groups is 2. The number of aliphatic carboxylic acids is 1. The van der Waals surface area contributed by atoms with Crippen LogP contribution in [-0.2, 0) is 21.2 Å². The molecular formula is C46H36BF3N4O11S. The van der Waals surface area contributed by atoms with E-state index in [9.17, 15) is 27.5 Å². The third-order valence-electron chi connectivity index (χ3n) is 10.4. The van der Waals surface area contributed by atoms with Crippen molar-refractivity contribution >= 4 is 51.1 Å². The molecule has 0 fully saturated rings. The van der Waals surface area contributed by atoms with Gasteiger partial charge in [-0.2, -0.15) is 4.39 Å². The first kappa shape index (κ1) is 44.9. The molecule has 0 aliphatic carbocycles. The summed E-state index contributed by atoms with van der Waals surface area (Å²) in [7, 11) is -5.88. The minimum absolute atomic E-state index is 0.260. The predicted molar refractivity (Wildman–Crippen MR) is 235 cm³/mol. The third kappa shape index (κ3) is 9.70. The van der Waals surface area contributed by atoms with Gasteiger partial charge in [0.25, 0.3) is 15.9 Å². The number of carboxylic acids is 1. The zero-order valence-electron chi connectivity index (χ0n) is 34.3. The van der Waals surface area contributed by atoms with Gasteiger partial charge >= 0.3 is 13.1 Å². The van der Waals surface area contributed by atoms with Crippen molar-refractivity contribution in [2.75, 3.05) is 31.1 Å². The van der Waals surface area contributed by atoms with Gasteiger partial charge in [-0.05, 0) is 65.2 Å². The Labute approximate surface area is 374 Å². The summed E-state index contributed by atoms with van der Waals surface area (Å²) < 4.78 is 94.3. The number of carbonyl (C=O) groups excluding carboxylic acids is 1. The minimum Gasteiger partial charge on any atom is -0.487 e. The van der Waals surface area contributed by atoms with Crippen LogP contribution < -0.4 is 34.4 Å². The number of nitrogens with one attached hydrogen (secondary N) is 2. The van der Waals surface area contributed by atoms with Gasteiger partial charge in [0.1, 0.15) is 49.7 Å². The van der Waals surface area contributed by atoms with Gasteiger partial charge in [0.2, 0.25) is 5.95 Å². The Balaban J connectivity index is 0.000000390. The number of sulfonamides is 1. The molecule has 5 aromatic carbocycles. The predicted octanol–water partition coefficient (Wildman–Crippen LogP) is 5.52. The molecule has 7 aromatic rings. The number of ether oxygens (including phenoxy) is 4. The Morgan fingerprint density at radius 1 is 0.712 bits per heavy atom. The molecule has 9 rings (SSSR count). The van der Waals surface area contributed by atoms with Crippen molar-refractivity contribution in [1.82, 2.24) is 15.3 Å². The van der Waals surface area contributed by atoms with Crippen LogP contribution in [0, 0.1) is 17.6 Å². The van der Waals surface area contributed by atoms with Crippen LogP contribution in [0.4, 0.5) is 18.9 Å². The van der Waals surface area contributed by atoms with Gasteiger partial charge in [-0.15, -0.1) is 0 Å². The molecule has 0 unspecified atom stereocenters. The fourth-order valence-electron chi connectivity index (χ4n) is 7.33. The Kier molecular flexibility index (Phi) is 13.1. The molecule has 2 aliphatic heterocycles. The summed E-state index contributed by atoms with van der Waals surface area (Å²) in [6, 6.07) is 24.9. The number of benzene rings is 5. The largest absolute Gasteiger partial charge is 0.492 e. The van der Waals surface area contributed by atoms with E-state index in [-0.39, 0.29) is 11.3 Å². The maximum Gasteiger partial charge on any atom is 0.492 e. The lowest BCUT2D eigenvalue weighted by atomic mass is 9.79. The van der Waals surface area contributed by atoms with Gasteiger partial charge in [-0.25, -0.2) is 27.0 Å². The minimum atomic E-state index is -4.36. The summed E-state index contributed by atoms with van der Waals surface area (Å²) in [6.07, 6.45) is 2.57. The lowest BCUT2D eigenvalue weighted by Gasteiger charge is -2.22. The van der Waals surface area contributed by atoms with Crippen molar-refractivity contribution in [3.8, 4) is 45.3 Å². The molecule has 2 aromatic heterocycles. The zero-order chi connectivity index (χ0) is 46.5. The van der Waals surface area contributed by atoms with Gasteiger partial charge in [0.15, 0.2) is 23.0 Å². The lowest BCUT2D eigenvalue weighted by molar-refractivity contribution is -0.139. The van der Waals surface area contributed by atoms with Gasteiger partial charge < -0.3 is 39.4 Å². The van der Waals surface area contributed by atoms with Crippen molar-refractivity contribution < 1.29 is 65.3 Å². The average molecular weight is 921 g/mol. The molecule has 336 valence electrons. The second-order valence-electron chi connectivity index (χ2n) is 14.6. The van der Waals surface area contributed by atoms with E-state index in [0.717, 1.165) is 0 Å². The second-order valence-corrected chi connectivity index (χ2v) is 16.3. The normalized spacial score (nSPS) is 13.2. The smallest absolute Gasteiger partial charge is 0.487 e. The van der Waals surface area contributed by atoms with E-state index in [0.29, 0.717) is 106 Å². The summed E-state index contributed by atoms with van der Waals surface area (Å²) in [6.45, 7) is 1.71. The van der Waals surface area contributed by atoms with Crippen molar-refractivity contribution in [2.45, 2.75) is 17.4 Å². The van der Waals surface area contributed by atoms with E-state index >= 15 is 8.78 Å². The Bertz CT molecular complexity index is 3070. The van der Waals surface area contributed by atoms with Crippen LogP contribution >= 0.6 is 0 Å². The van der Waals surface area contributed by atoms with Gasteiger partial charge in [-0.1, -0.05) is 54.6 Å². The quantitative estimate of drug-likeness (QED) is 0.0800. The molecule has 66 heavy (non-hydrogen) atoms. The Morgan fingerprint density at radius 2 is 1.38 bits per heavy atom. The van der Waals surface area contributed by atoms with Crippen LogP contribution in [0.3, 0.4) is 0 Å². The average Bonchev–Trinajstić information content (AvgIpc) is 3.31. The first-order valence-electron chi connectivity index (χ1n) is 20.0. The molecule has 0 radical (unpaired) electrons. The number of para-hydroxylation sites is 2. The number of anilines is 1. The molecule has 0 bridgehead atoms. The third-order valence-corrected chi connectivity index (χ3v) is 11.8. The van der Waals surface area contributed by atoms with Crippen molar-refractivity contribution in [3.63, 3.8) is 0 Å². The molecule has 4 heterocycles. The number of hydrogen-bond acceptors (Lipinski definition) is 12. The van der Waals surface area contributed by atoms with Crippen LogP contribution in [0.1, 0.15) is 15.9 Å². The summed E-state index contributed by atoms with van der Waals surface area (Å²) in [4.78, 5) is 33.2. The zero-order valence-corrected chi connectivity index (χ0v) is 35.1. The van der Waals surface area contributed by atoms with E-state index in [4.69, 9.17) is 29.0 Å². The summed E-state index contributed by atoms with van der Waals surface area (Å²) in [5, 5.41) is 30.8. The van der Waals surface area contributed by atoms with E-state index < -0.39 is 63.9 Å². The number of carboxylic acid groups (broad SMARTS) is 1. The van der Waals surface area contributed by atoms with Crippen LogP contribution in [-0.4, -0.2) is 85.0 Å². The van der Waals surface area contributed by atoms with Crippen LogP contribution in [0.2, 0.25) is 0 Å². The molecule has 15 nitrogen and oxygen atoms in total. The number of nitrogens with zero attached hydrogens (tertiary/aromatic N) is 2. The lowest BCUT2D eigenvalue weighted by Crippen LogP contribution is -2.43. The summed E-state index contributed by atoms with van der Waals surface area (Å²) >= 11 is 0. The number of hydrogen-bond donors (Lipinski definition) is 5. The van der Waals surface area contributed by atoms with E-state index in [1.807, 2.05) is 12.1 Å². The van der Waals surface area contributed by atoms with Crippen molar-refractivity contribution in [2.24, 2.45) is 0 Å². The monoisotopic (exact) mass is 920 g/mol. The van der Waals surface area contributed by atoms with E-state index in [1.165, 1.54) is 42.6 Å². The maximum absolute atomic E-state index is 15.3. The molecule has 1 atom stereocenters. The van der Waals surface area contributed by atoms with Crippen LogP contribution in [0.5, 0.6) is 23.0 Å². The number of rotatable bonds is 11. The number of halogens is 3. The van der Waals surface area contributed by atoms with E-state index in [1.54, 1.807) is 54.7 Å². The van der Waals surface area contributed by atoms with Crippen LogP contribution in [0.15, 0.2) is 126 Å². The highest BCUT2D eigenvalue weighted by atomic mass is 32.2. The highest BCUT2D eigenvalue weighted by Crippen LogP contribution is 2.42. The second kappa shape index (κ2) is 19.2. The molecule has 2 aliphatic rings. The topological polar surface area (TPSA) is 216 Å². The molecular weight excluding hydrogens is 884 g/mol. The molecule has 0 spiro atoms. The van der Waals surface area contributed by atoms with Gasteiger partial charge in [0, 0.05) is 46.9 Å². The van der Waals surface area contributed by atoms with Crippen LogP contribution in [0.25, 0.3) is 33.2 Å². The standard InChI is InChI=1S/C38H27F3N4O7S.C8H9BO4/c39-29-19-24(45-53(49,50)25-9-6-21(7-10-25)22-12-14-42-33(41)18-22)20-30(40)34(29)37(46)44-31(38(47)48)17-23-8-11-27(35-26(23)4-2-13-43-35)28-3-1-5-32-36(28)52-16-15-51-32;10-9(11)6-2-1-3-7-8(6)13-5-4-12-7/h1-14,18-20,31,45H,15-17H2,(H,44,46)(H,47,48);1-3,10-11H,4-5H2/t31-;/m0./s1. The number of amides is 1. The highest BCUT2D eigenvalue weighted by molar-refractivity contribution is 7.92. The molecule has 0 saturated carbocycles. The first-order valence-corrected chi connectivity index (χ1v) is 21.5. The summed E-state index contributed by atoms with van der Waals surface area (Å²) in [5.41, 5.74) is 2.08. The van der Waals surface area contributed by atoms with Crippen molar-refractivity contribution in [1.29, 1.82) is 0 Å². The van der Waals surface area contributed by atoms with Gasteiger partial charge in [-0.3, -0.25) is 14.5 Å². The highest BCUT2D eigenvalue weighted by Gasteiger charge is 2.28. The van der Waals surface area contributed by atoms with E-state index in [2.05, 4.69) is 20.0 Å². The molecule has 5 N–H and O–H groups in total. The summed E-state index contributed by atoms with van der Waals surface area (Å²) in [5.74, 6) is -4.29. The SMILES string of the molecule is O=C(N[C@@H](Cc1ccc(-c2cccc3c2OCCO3)c2ncccc12)C(=O)O)c1c(F)cc(NS(=O)(=O)c2ccc(-c3ccnc(F)c3)cc2)cc1F.OB(O)c1cccc2c1OCCO2. The number of aromatic nitrogens is 2. The Morgan fingerprint density at radius 3 is 2.06 bits per heavy atom. The fourth-order valence-corrected chi connectivity index (χ4v) is 8.37. The van der Waals surface area contributed by atoms with Gasteiger partial charge in [0.05, 0.1) is 16.1 Å². The molecule has 20 heteroatoms. The fraction of sp³-hybridized carbons (Fsp3) is 0.130. The first-order chi connectivity index (χ1) is 31.8. The molecule has 1 amide bonds. The molecule has 0 saturated heterocycles.